The Morgan fingerprint density at radius 2 is 2.00 bits per heavy atom. The number of rotatable bonds is 3. The third kappa shape index (κ3) is 2.77. The number of halogens is 1. The normalized spacial score (nSPS) is 24.8. The maximum Gasteiger partial charge on any atom is 0.244 e. The monoisotopic (exact) mass is 265 g/mol. The van der Waals surface area contributed by atoms with Crippen LogP contribution in [0, 0.1) is 5.82 Å². The van der Waals surface area contributed by atoms with Crippen LogP contribution >= 0.6 is 0 Å². The van der Waals surface area contributed by atoms with Gasteiger partial charge in [-0.15, -0.1) is 0 Å². The highest BCUT2D eigenvalue weighted by Crippen LogP contribution is 2.24. The van der Waals surface area contributed by atoms with Crippen molar-refractivity contribution in [2.75, 3.05) is 25.0 Å². The Balaban J connectivity index is 2.25. The lowest BCUT2D eigenvalue weighted by Gasteiger charge is -2.43. The predicted molar refractivity (Wildman–Crippen MR) is 73.4 cm³/mol. The molecule has 19 heavy (non-hydrogen) atoms. The van der Waals surface area contributed by atoms with Gasteiger partial charge in [0.15, 0.2) is 0 Å². The van der Waals surface area contributed by atoms with Crippen LogP contribution in [0.25, 0.3) is 0 Å². The number of hydrogen-bond acceptors (Lipinski definition) is 3. The number of hydrogen-bond donors (Lipinski definition) is 1. The number of nitrogens with zero attached hydrogens (tertiary/aromatic N) is 2. The van der Waals surface area contributed by atoms with Crippen molar-refractivity contribution in [2.24, 2.45) is 5.73 Å². The topological polar surface area (TPSA) is 49.6 Å². The highest BCUT2D eigenvalue weighted by Gasteiger charge is 2.36. The SMILES string of the molecule is CC1CN(c2ccc(F)cc2)C(=O)C(CCN)N1C. The molecule has 5 heteroatoms. The summed E-state index contributed by atoms with van der Waals surface area (Å²) in [6, 6.07) is 6.10. The Labute approximate surface area is 113 Å². The minimum atomic E-state index is -0.295. The van der Waals surface area contributed by atoms with Gasteiger partial charge in [0.2, 0.25) is 5.91 Å². The zero-order valence-electron chi connectivity index (χ0n) is 11.3. The molecular formula is C14H20FN3O. The van der Waals surface area contributed by atoms with Gasteiger partial charge in [0.1, 0.15) is 5.82 Å². The summed E-state index contributed by atoms with van der Waals surface area (Å²) in [4.78, 5) is 16.3. The molecule has 4 nitrogen and oxygen atoms in total. The summed E-state index contributed by atoms with van der Waals surface area (Å²) in [5, 5.41) is 0. The second-order valence-electron chi connectivity index (χ2n) is 5.03. The van der Waals surface area contributed by atoms with E-state index >= 15 is 0 Å². The van der Waals surface area contributed by atoms with Crippen molar-refractivity contribution in [1.29, 1.82) is 0 Å². The molecular weight excluding hydrogens is 245 g/mol. The molecule has 0 aliphatic carbocycles. The summed E-state index contributed by atoms with van der Waals surface area (Å²) in [5.41, 5.74) is 6.33. The zero-order chi connectivity index (χ0) is 14.0. The molecule has 0 aromatic heterocycles. The van der Waals surface area contributed by atoms with Gasteiger partial charge in [0.05, 0.1) is 6.04 Å². The highest BCUT2D eigenvalue weighted by molar-refractivity contribution is 5.98. The van der Waals surface area contributed by atoms with E-state index in [4.69, 9.17) is 5.73 Å². The van der Waals surface area contributed by atoms with Gasteiger partial charge in [-0.1, -0.05) is 0 Å². The molecule has 104 valence electrons. The number of nitrogens with two attached hydrogens (primary N) is 1. The van der Waals surface area contributed by atoms with Crippen molar-refractivity contribution < 1.29 is 9.18 Å². The molecule has 2 N–H and O–H groups in total. The van der Waals surface area contributed by atoms with Crippen LogP contribution in [0.15, 0.2) is 24.3 Å². The molecule has 1 aliphatic rings. The number of likely N-dealkylation sites (N-methyl/N-ethyl adjacent to an activating group) is 1. The number of carbonyl (C=O) groups is 1. The molecule has 2 rings (SSSR count). The summed E-state index contributed by atoms with van der Waals surface area (Å²) in [6.45, 7) is 3.17. The molecule has 0 saturated carbocycles. The summed E-state index contributed by atoms with van der Waals surface area (Å²) in [6.07, 6.45) is 0.636. The first kappa shape index (κ1) is 14.0. The molecule has 1 fully saturated rings. The fourth-order valence-corrected chi connectivity index (χ4v) is 2.48. The van der Waals surface area contributed by atoms with Gasteiger partial charge < -0.3 is 10.6 Å². The van der Waals surface area contributed by atoms with E-state index in [2.05, 4.69) is 11.8 Å². The first-order valence-corrected chi connectivity index (χ1v) is 6.53. The largest absolute Gasteiger partial charge is 0.330 e. The third-order valence-electron chi connectivity index (χ3n) is 3.76. The van der Waals surface area contributed by atoms with Crippen LogP contribution in [0.1, 0.15) is 13.3 Å². The van der Waals surface area contributed by atoms with Crippen molar-refractivity contribution in [3.05, 3.63) is 30.1 Å². The van der Waals surface area contributed by atoms with E-state index in [1.807, 2.05) is 7.05 Å². The van der Waals surface area contributed by atoms with Gasteiger partial charge in [-0.2, -0.15) is 0 Å². The third-order valence-corrected chi connectivity index (χ3v) is 3.76. The molecule has 2 unspecified atom stereocenters. The van der Waals surface area contributed by atoms with Crippen molar-refractivity contribution in [3.8, 4) is 0 Å². The Hall–Kier alpha value is -1.46. The lowest BCUT2D eigenvalue weighted by Crippen LogP contribution is -2.60. The molecule has 1 aromatic carbocycles. The van der Waals surface area contributed by atoms with Crippen LogP contribution in [0.4, 0.5) is 10.1 Å². The van der Waals surface area contributed by atoms with Crippen molar-refractivity contribution in [3.63, 3.8) is 0 Å². The van der Waals surface area contributed by atoms with Gasteiger partial charge in [-0.25, -0.2) is 4.39 Å². The molecule has 1 saturated heterocycles. The van der Waals surface area contributed by atoms with Gasteiger partial charge >= 0.3 is 0 Å². The maximum absolute atomic E-state index is 13.0. The quantitative estimate of drug-likeness (QED) is 0.893. The molecule has 1 heterocycles. The average molecular weight is 265 g/mol. The Bertz CT molecular complexity index is 449. The van der Waals surface area contributed by atoms with Gasteiger partial charge in [-0.05, 0) is 51.2 Å². The van der Waals surface area contributed by atoms with Crippen LogP contribution in [-0.4, -0.2) is 43.0 Å². The Morgan fingerprint density at radius 1 is 1.37 bits per heavy atom. The lowest BCUT2D eigenvalue weighted by atomic mass is 10.0. The van der Waals surface area contributed by atoms with Crippen LogP contribution in [0.5, 0.6) is 0 Å². The molecule has 1 aliphatic heterocycles. The summed E-state index contributed by atoms with van der Waals surface area (Å²) in [7, 11) is 1.95. The van der Waals surface area contributed by atoms with Gasteiger partial charge in [0, 0.05) is 18.3 Å². The van der Waals surface area contributed by atoms with Crippen LogP contribution in [-0.2, 0) is 4.79 Å². The first-order valence-electron chi connectivity index (χ1n) is 6.53. The first-order chi connectivity index (χ1) is 9.04. The van der Waals surface area contributed by atoms with Crippen molar-refractivity contribution in [2.45, 2.75) is 25.4 Å². The van der Waals surface area contributed by atoms with Crippen LogP contribution in [0.3, 0.4) is 0 Å². The van der Waals surface area contributed by atoms with E-state index in [1.165, 1.54) is 12.1 Å². The number of piperazine rings is 1. The molecule has 2 atom stereocenters. The Morgan fingerprint density at radius 3 is 2.58 bits per heavy atom. The average Bonchev–Trinajstić information content (AvgIpc) is 2.40. The molecule has 1 amide bonds. The second kappa shape index (κ2) is 5.67. The number of anilines is 1. The highest BCUT2D eigenvalue weighted by atomic mass is 19.1. The fourth-order valence-electron chi connectivity index (χ4n) is 2.48. The zero-order valence-corrected chi connectivity index (χ0v) is 11.3. The molecule has 0 spiro atoms. The number of amides is 1. The van der Waals surface area contributed by atoms with E-state index in [1.54, 1.807) is 17.0 Å². The van der Waals surface area contributed by atoms with Crippen molar-refractivity contribution >= 4 is 11.6 Å². The minimum absolute atomic E-state index is 0.0395. The van der Waals surface area contributed by atoms with Crippen molar-refractivity contribution in [1.82, 2.24) is 4.90 Å². The lowest BCUT2D eigenvalue weighted by molar-refractivity contribution is -0.126. The molecule has 0 bridgehead atoms. The van der Waals surface area contributed by atoms with E-state index in [-0.39, 0.29) is 23.8 Å². The minimum Gasteiger partial charge on any atom is -0.330 e. The smallest absolute Gasteiger partial charge is 0.244 e. The van der Waals surface area contributed by atoms with Crippen LogP contribution < -0.4 is 10.6 Å². The molecule has 1 aromatic rings. The number of carbonyl (C=O) groups excluding carboxylic acids is 1. The van der Waals surface area contributed by atoms with E-state index in [0.29, 0.717) is 19.5 Å². The number of benzene rings is 1. The van der Waals surface area contributed by atoms with Crippen LogP contribution in [0.2, 0.25) is 0 Å². The summed E-state index contributed by atoms with van der Waals surface area (Å²) >= 11 is 0. The fraction of sp³-hybridized carbons (Fsp3) is 0.500. The van der Waals surface area contributed by atoms with E-state index < -0.39 is 0 Å². The second-order valence-corrected chi connectivity index (χ2v) is 5.03. The van der Waals surface area contributed by atoms with E-state index in [9.17, 15) is 9.18 Å². The summed E-state index contributed by atoms with van der Waals surface area (Å²) in [5.74, 6) is -0.255. The maximum atomic E-state index is 13.0. The summed E-state index contributed by atoms with van der Waals surface area (Å²) < 4.78 is 13.0. The Kier molecular flexibility index (Phi) is 4.17. The predicted octanol–water partition coefficient (Wildman–Crippen LogP) is 1.21. The molecule has 0 radical (unpaired) electrons. The van der Waals surface area contributed by atoms with Gasteiger partial charge in [-0.3, -0.25) is 9.69 Å². The van der Waals surface area contributed by atoms with E-state index in [0.717, 1.165) is 5.69 Å². The van der Waals surface area contributed by atoms with Gasteiger partial charge in [0.25, 0.3) is 0 Å². The standard InChI is InChI=1S/C14H20FN3O/c1-10-9-18(12-5-3-11(15)4-6-12)14(19)13(7-8-16)17(10)2/h3-6,10,13H,7-9,16H2,1-2H3.